The second kappa shape index (κ2) is 5.60. The zero-order chi connectivity index (χ0) is 13.9. The maximum Gasteiger partial charge on any atom is 0.141 e. The number of hydrogen-bond acceptors (Lipinski definition) is 4. The lowest BCUT2D eigenvalue weighted by molar-refractivity contribution is 0.148. The van der Waals surface area contributed by atoms with E-state index < -0.39 is 5.54 Å². The highest BCUT2D eigenvalue weighted by molar-refractivity contribution is 5.45. The number of ether oxygens (including phenoxy) is 1. The molecule has 1 aliphatic rings. The van der Waals surface area contributed by atoms with Gasteiger partial charge in [-0.3, -0.25) is 5.32 Å². The van der Waals surface area contributed by atoms with Crippen LogP contribution in [-0.2, 0) is 5.54 Å². The van der Waals surface area contributed by atoms with Crippen molar-refractivity contribution in [2.24, 2.45) is 5.92 Å². The Hall–Kier alpha value is -1.57. The van der Waals surface area contributed by atoms with E-state index in [0.717, 1.165) is 24.4 Å². The van der Waals surface area contributed by atoms with Gasteiger partial charge in [0.15, 0.2) is 0 Å². The van der Waals surface area contributed by atoms with Crippen molar-refractivity contribution in [1.29, 1.82) is 5.26 Å². The Morgan fingerprint density at radius 1 is 1.47 bits per heavy atom. The highest BCUT2D eigenvalue weighted by atomic mass is 16.5. The Morgan fingerprint density at radius 3 is 2.89 bits per heavy atom. The Balaban J connectivity index is 2.29. The van der Waals surface area contributed by atoms with Gasteiger partial charge in [0, 0.05) is 24.6 Å². The number of fused-ring (bicyclic) bond motifs is 1. The summed E-state index contributed by atoms with van der Waals surface area (Å²) in [4.78, 5) is 2.11. The largest absolute Gasteiger partial charge is 0.493 e. The Morgan fingerprint density at radius 2 is 2.21 bits per heavy atom. The molecule has 2 atom stereocenters. The van der Waals surface area contributed by atoms with Crippen molar-refractivity contribution in [3.8, 4) is 11.8 Å². The van der Waals surface area contributed by atoms with Crippen LogP contribution in [0.15, 0.2) is 24.3 Å². The molecule has 0 spiro atoms. The second-order valence-electron chi connectivity index (χ2n) is 5.36. The molecule has 0 bridgehead atoms. The van der Waals surface area contributed by atoms with E-state index in [2.05, 4.69) is 23.2 Å². The molecule has 0 aromatic heterocycles. The van der Waals surface area contributed by atoms with Crippen molar-refractivity contribution < 1.29 is 4.74 Å². The first-order valence-electron chi connectivity index (χ1n) is 6.63. The minimum atomic E-state index is -0.648. The number of hydrogen-bond donors (Lipinski definition) is 1. The predicted octanol–water partition coefficient (Wildman–Crippen LogP) is 1.59. The molecule has 0 fully saturated rings. The van der Waals surface area contributed by atoms with Crippen LogP contribution in [0.5, 0.6) is 5.75 Å². The topological polar surface area (TPSA) is 48.3 Å². The standard InChI is InChI=1S/C15H21N3O/c1-12-10-19-14-7-5-4-6-13(14)15(12,11-16)17-8-9-18(2)3/h4-7,12,17H,8-10H2,1-3H3. The number of nitrogens with one attached hydrogen (secondary N) is 1. The average Bonchev–Trinajstić information content (AvgIpc) is 2.41. The summed E-state index contributed by atoms with van der Waals surface area (Å²) in [5, 5.41) is 13.2. The SMILES string of the molecule is CC1COc2ccccc2C1(C#N)NCCN(C)C. The van der Waals surface area contributed by atoms with Crippen LogP contribution in [0, 0.1) is 17.2 Å². The molecule has 4 nitrogen and oxygen atoms in total. The van der Waals surface area contributed by atoms with E-state index in [9.17, 15) is 5.26 Å². The van der Waals surface area contributed by atoms with Crippen molar-refractivity contribution >= 4 is 0 Å². The fraction of sp³-hybridized carbons (Fsp3) is 0.533. The van der Waals surface area contributed by atoms with E-state index >= 15 is 0 Å². The molecule has 0 aliphatic carbocycles. The summed E-state index contributed by atoms with van der Waals surface area (Å²) >= 11 is 0. The van der Waals surface area contributed by atoms with E-state index in [-0.39, 0.29) is 5.92 Å². The van der Waals surface area contributed by atoms with Crippen LogP contribution in [0.2, 0.25) is 0 Å². The lowest BCUT2D eigenvalue weighted by Crippen LogP contribution is -2.52. The zero-order valence-electron chi connectivity index (χ0n) is 11.8. The Bertz CT molecular complexity index is 481. The van der Waals surface area contributed by atoms with Crippen LogP contribution in [0.25, 0.3) is 0 Å². The third-order valence-corrected chi connectivity index (χ3v) is 3.68. The second-order valence-corrected chi connectivity index (χ2v) is 5.36. The maximum absolute atomic E-state index is 9.74. The van der Waals surface area contributed by atoms with Gasteiger partial charge in [-0.05, 0) is 20.2 Å². The van der Waals surface area contributed by atoms with E-state index in [1.807, 2.05) is 38.4 Å². The van der Waals surface area contributed by atoms with Crippen LogP contribution in [0.4, 0.5) is 0 Å². The van der Waals surface area contributed by atoms with Gasteiger partial charge in [-0.2, -0.15) is 5.26 Å². The summed E-state index contributed by atoms with van der Waals surface area (Å²) in [7, 11) is 4.06. The Kier molecular flexibility index (Phi) is 4.08. The summed E-state index contributed by atoms with van der Waals surface area (Å²) < 4.78 is 5.72. The van der Waals surface area contributed by atoms with E-state index in [1.54, 1.807) is 0 Å². The predicted molar refractivity (Wildman–Crippen MR) is 74.9 cm³/mol. The van der Waals surface area contributed by atoms with Gasteiger partial charge in [-0.15, -0.1) is 0 Å². The zero-order valence-corrected chi connectivity index (χ0v) is 11.8. The summed E-state index contributed by atoms with van der Waals surface area (Å²) in [5.74, 6) is 0.939. The van der Waals surface area contributed by atoms with Crippen LogP contribution < -0.4 is 10.1 Å². The summed E-state index contributed by atoms with van der Waals surface area (Å²) in [6.45, 7) is 4.31. The van der Waals surface area contributed by atoms with E-state index in [1.165, 1.54) is 0 Å². The molecule has 0 amide bonds. The summed E-state index contributed by atoms with van der Waals surface area (Å²) in [6.07, 6.45) is 0. The number of nitrogens with zero attached hydrogens (tertiary/aromatic N) is 2. The normalized spacial score (nSPS) is 25.5. The number of rotatable bonds is 4. The van der Waals surface area contributed by atoms with Crippen molar-refractivity contribution in [3.63, 3.8) is 0 Å². The smallest absolute Gasteiger partial charge is 0.141 e. The van der Waals surface area contributed by atoms with Crippen LogP contribution in [-0.4, -0.2) is 38.7 Å². The quantitative estimate of drug-likeness (QED) is 0.892. The summed E-state index contributed by atoms with van der Waals surface area (Å²) in [5.41, 5.74) is 0.306. The highest BCUT2D eigenvalue weighted by Crippen LogP contribution is 2.39. The van der Waals surface area contributed by atoms with Crippen molar-refractivity contribution in [2.75, 3.05) is 33.8 Å². The van der Waals surface area contributed by atoms with Crippen molar-refractivity contribution in [2.45, 2.75) is 12.5 Å². The van der Waals surface area contributed by atoms with Gasteiger partial charge in [-0.25, -0.2) is 0 Å². The van der Waals surface area contributed by atoms with Crippen molar-refractivity contribution in [1.82, 2.24) is 10.2 Å². The molecule has 1 aromatic carbocycles. The minimum absolute atomic E-state index is 0.120. The molecule has 4 heteroatoms. The fourth-order valence-corrected chi connectivity index (χ4v) is 2.48. The van der Waals surface area contributed by atoms with Gasteiger partial charge in [0.2, 0.25) is 0 Å². The van der Waals surface area contributed by atoms with Crippen LogP contribution in [0.1, 0.15) is 12.5 Å². The van der Waals surface area contributed by atoms with Gasteiger partial charge in [0.25, 0.3) is 0 Å². The maximum atomic E-state index is 9.74. The van der Waals surface area contributed by atoms with Gasteiger partial charge in [-0.1, -0.05) is 25.1 Å². The van der Waals surface area contributed by atoms with Gasteiger partial charge in [0.1, 0.15) is 11.3 Å². The number of para-hydroxylation sites is 1. The monoisotopic (exact) mass is 259 g/mol. The fourth-order valence-electron chi connectivity index (χ4n) is 2.48. The molecule has 102 valence electrons. The first-order chi connectivity index (χ1) is 9.10. The highest BCUT2D eigenvalue weighted by Gasteiger charge is 2.43. The molecular weight excluding hydrogens is 238 g/mol. The first kappa shape index (κ1) is 13.9. The van der Waals surface area contributed by atoms with Crippen molar-refractivity contribution in [3.05, 3.63) is 29.8 Å². The Labute approximate surface area is 115 Å². The number of nitriles is 1. The molecule has 1 heterocycles. The molecule has 0 saturated heterocycles. The van der Waals surface area contributed by atoms with Gasteiger partial charge >= 0.3 is 0 Å². The number of likely N-dealkylation sites (N-methyl/N-ethyl adjacent to an activating group) is 1. The molecule has 2 rings (SSSR count). The van der Waals surface area contributed by atoms with Gasteiger partial charge < -0.3 is 9.64 Å². The molecule has 1 N–H and O–H groups in total. The molecule has 0 saturated carbocycles. The molecule has 1 aliphatic heterocycles. The lowest BCUT2D eigenvalue weighted by Gasteiger charge is -2.39. The molecule has 2 unspecified atom stereocenters. The molecule has 0 radical (unpaired) electrons. The summed E-state index contributed by atoms with van der Waals surface area (Å²) in [6, 6.07) is 10.3. The number of benzene rings is 1. The van der Waals surface area contributed by atoms with E-state index in [0.29, 0.717) is 6.61 Å². The van der Waals surface area contributed by atoms with E-state index in [4.69, 9.17) is 4.74 Å². The first-order valence-corrected chi connectivity index (χ1v) is 6.63. The third kappa shape index (κ3) is 2.58. The molecule has 19 heavy (non-hydrogen) atoms. The third-order valence-electron chi connectivity index (χ3n) is 3.68. The lowest BCUT2D eigenvalue weighted by atomic mass is 9.78. The van der Waals surface area contributed by atoms with Gasteiger partial charge in [0.05, 0.1) is 12.7 Å². The molecular formula is C15H21N3O. The van der Waals surface area contributed by atoms with Crippen LogP contribution >= 0.6 is 0 Å². The molecule has 1 aromatic rings. The average molecular weight is 259 g/mol. The minimum Gasteiger partial charge on any atom is -0.493 e. The van der Waals surface area contributed by atoms with Crippen LogP contribution in [0.3, 0.4) is 0 Å².